The predicted molar refractivity (Wildman–Crippen MR) is 127 cm³/mol. The average molecular weight is 506 g/mol. The minimum absolute atomic E-state index is 0.0133. The van der Waals surface area contributed by atoms with E-state index in [0.29, 0.717) is 28.6 Å². The first kappa shape index (κ1) is 25.1. The van der Waals surface area contributed by atoms with E-state index in [2.05, 4.69) is 10.6 Å². The van der Waals surface area contributed by atoms with Gasteiger partial charge in [0.2, 0.25) is 5.91 Å². The van der Waals surface area contributed by atoms with Gasteiger partial charge in [0.1, 0.15) is 16.4 Å². The minimum atomic E-state index is -4.20. The van der Waals surface area contributed by atoms with E-state index < -0.39 is 10.1 Å². The van der Waals surface area contributed by atoms with Crippen LogP contribution in [0.5, 0.6) is 5.75 Å². The Balaban J connectivity index is 1.87. The van der Waals surface area contributed by atoms with Gasteiger partial charge in [0, 0.05) is 29.7 Å². The Morgan fingerprint density at radius 1 is 1.09 bits per heavy atom. The fraction of sp³-hybridized carbons (Fsp3) is 0.217. The molecule has 9 nitrogen and oxygen atoms in total. The van der Waals surface area contributed by atoms with Crippen molar-refractivity contribution in [3.8, 4) is 5.75 Å². The summed E-state index contributed by atoms with van der Waals surface area (Å²) in [5, 5.41) is 5.65. The fourth-order valence-corrected chi connectivity index (χ4v) is 4.25. The highest BCUT2D eigenvalue weighted by atomic mass is 35.5. The van der Waals surface area contributed by atoms with Crippen LogP contribution in [0.25, 0.3) is 0 Å². The van der Waals surface area contributed by atoms with Crippen LogP contribution in [-0.4, -0.2) is 31.8 Å². The van der Waals surface area contributed by atoms with E-state index in [-0.39, 0.29) is 35.7 Å². The van der Waals surface area contributed by atoms with Gasteiger partial charge in [0.15, 0.2) is 0 Å². The zero-order valence-electron chi connectivity index (χ0n) is 18.6. The first-order valence-electron chi connectivity index (χ1n) is 10.3. The Morgan fingerprint density at radius 2 is 1.82 bits per heavy atom. The van der Waals surface area contributed by atoms with Gasteiger partial charge < -0.3 is 24.1 Å². The molecule has 34 heavy (non-hydrogen) atoms. The molecule has 1 aromatic heterocycles. The van der Waals surface area contributed by atoms with Crippen LogP contribution < -0.4 is 14.8 Å². The van der Waals surface area contributed by atoms with Crippen molar-refractivity contribution < 1.29 is 26.6 Å². The van der Waals surface area contributed by atoms with Crippen LogP contribution in [0.15, 0.2) is 70.2 Å². The number of nitrogens with zero attached hydrogens (tertiary/aromatic N) is 1. The van der Waals surface area contributed by atoms with Crippen LogP contribution >= 0.6 is 11.6 Å². The normalized spacial score (nSPS) is 11.0. The highest BCUT2D eigenvalue weighted by molar-refractivity contribution is 7.87. The lowest BCUT2D eigenvalue weighted by atomic mass is 10.2. The number of anilines is 1. The second-order valence-electron chi connectivity index (χ2n) is 7.27. The molecule has 0 atom stereocenters. The molecule has 1 heterocycles. The molecule has 2 aromatic carbocycles. The second-order valence-corrected chi connectivity index (χ2v) is 9.25. The highest BCUT2D eigenvalue weighted by Crippen LogP contribution is 2.28. The molecule has 11 heteroatoms. The van der Waals surface area contributed by atoms with Crippen molar-refractivity contribution >= 4 is 39.3 Å². The second kappa shape index (κ2) is 11.1. The van der Waals surface area contributed by atoms with Crippen LogP contribution in [0, 0.1) is 0 Å². The van der Waals surface area contributed by atoms with Gasteiger partial charge in [-0.15, -0.1) is 0 Å². The third-order valence-electron chi connectivity index (χ3n) is 4.59. The van der Waals surface area contributed by atoms with Gasteiger partial charge in [-0.05, 0) is 61.5 Å². The van der Waals surface area contributed by atoms with Crippen molar-refractivity contribution in [2.75, 3.05) is 11.9 Å². The molecule has 0 radical (unpaired) electrons. The Hall–Kier alpha value is -3.50. The number of nitrogens with one attached hydrogen (secondary N) is 2. The molecule has 0 spiro atoms. The maximum atomic E-state index is 12.9. The SMILES string of the molecule is CCNC(=O)N(Cc1ccco1)Cc1cc(Cl)ccc1OS(=O)(=O)c1ccc(NC(C)=O)cc1. The van der Waals surface area contributed by atoms with Crippen molar-refractivity contribution in [3.05, 3.63) is 77.2 Å². The lowest BCUT2D eigenvalue weighted by Gasteiger charge is -2.23. The highest BCUT2D eigenvalue weighted by Gasteiger charge is 2.22. The molecule has 3 aromatic rings. The molecule has 0 unspecified atom stereocenters. The number of carbonyl (C=O) groups is 2. The lowest BCUT2D eigenvalue weighted by Crippen LogP contribution is -2.39. The van der Waals surface area contributed by atoms with E-state index in [9.17, 15) is 18.0 Å². The summed E-state index contributed by atoms with van der Waals surface area (Å²) in [5.41, 5.74) is 0.845. The van der Waals surface area contributed by atoms with Crippen molar-refractivity contribution in [1.29, 1.82) is 0 Å². The third-order valence-corrected chi connectivity index (χ3v) is 6.07. The van der Waals surface area contributed by atoms with E-state index >= 15 is 0 Å². The molecule has 3 rings (SSSR count). The predicted octanol–water partition coefficient (Wildman–Crippen LogP) is 4.39. The Kier molecular flexibility index (Phi) is 8.19. The minimum Gasteiger partial charge on any atom is -0.467 e. The number of amides is 3. The summed E-state index contributed by atoms with van der Waals surface area (Å²) in [6, 6.07) is 13.1. The summed E-state index contributed by atoms with van der Waals surface area (Å²) in [6.45, 7) is 3.73. The number of rotatable bonds is 9. The van der Waals surface area contributed by atoms with Crippen molar-refractivity contribution in [1.82, 2.24) is 10.2 Å². The molecule has 0 bridgehead atoms. The van der Waals surface area contributed by atoms with Crippen LogP contribution in [0.2, 0.25) is 5.02 Å². The smallest absolute Gasteiger partial charge is 0.339 e. The summed E-state index contributed by atoms with van der Waals surface area (Å²) in [7, 11) is -4.20. The van der Waals surface area contributed by atoms with Gasteiger partial charge in [-0.3, -0.25) is 4.79 Å². The van der Waals surface area contributed by atoms with E-state index in [1.165, 1.54) is 54.5 Å². The molecule has 3 amide bonds. The lowest BCUT2D eigenvalue weighted by molar-refractivity contribution is -0.114. The van der Waals surface area contributed by atoms with Crippen molar-refractivity contribution in [3.63, 3.8) is 0 Å². The zero-order chi connectivity index (χ0) is 24.7. The number of furan rings is 1. The molecule has 0 saturated heterocycles. The summed E-state index contributed by atoms with van der Waals surface area (Å²) < 4.78 is 36.6. The van der Waals surface area contributed by atoms with Gasteiger partial charge in [-0.1, -0.05) is 11.6 Å². The summed E-state index contributed by atoms with van der Waals surface area (Å²) in [5.74, 6) is 0.315. The summed E-state index contributed by atoms with van der Waals surface area (Å²) in [4.78, 5) is 25.2. The van der Waals surface area contributed by atoms with Crippen LogP contribution in [0.1, 0.15) is 25.2 Å². The monoisotopic (exact) mass is 505 g/mol. The summed E-state index contributed by atoms with van der Waals surface area (Å²) in [6.07, 6.45) is 1.50. The molecule has 0 aliphatic heterocycles. The van der Waals surface area contributed by atoms with Gasteiger partial charge in [-0.2, -0.15) is 8.42 Å². The maximum absolute atomic E-state index is 12.9. The Bertz CT molecular complexity index is 1240. The number of hydrogen-bond acceptors (Lipinski definition) is 6. The zero-order valence-corrected chi connectivity index (χ0v) is 20.2. The molecule has 0 aliphatic carbocycles. The molecule has 0 saturated carbocycles. The fourth-order valence-electron chi connectivity index (χ4n) is 3.09. The van der Waals surface area contributed by atoms with Crippen molar-refractivity contribution in [2.24, 2.45) is 0 Å². The number of halogens is 1. The molecular formula is C23H24ClN3O6S. The Labute approximate surface area is 202 Å². The van der Waals surface area contributed by atoms with Gasteiger partial charge in [0.05, 0.1) is 19.4 Å². The molecule has 0 fully saturated rings. The Morgan fingerprint density at radius 3 is 2.44 bits per heavy atom. The number of carbonyl (C=O) groups excluding carboxylic acids is 2. The topological polar surface area (TPSA) is 118 Å². The largest absolute Gasteiger partial charge is 0.467 e. The first-order chi connectivity index (χ1) is 16.2. The number of urea groups is 1. The van der Waals surface area contributed by atoms with E-state index in [0.717, 1.165) is 0 Å². The van der Waals surface area contributed by atoms with Crippen LogP contribution in [0.3, 0.4) is 0 Å². The van der Waals surface area contributed by atoms with Gasteiger partial charge in [-0.25, -0.2) is 4.79 Å². The van der Waals surface area contributed by atoms with Crippen molar-refractivity contribution in [2.45, 2.75) is 31.8 Å². The first-order valence-corrected chi connectivity index (χ1v) is 12.1. The number of hydrogen-bond donors (Lipinski definition) is 2. The van der Waals surface area contributed by atoms with Gasteiger partial charge in [0.25, 0.3) is 0 Å². The van der Waals surface area contributed by atoms with Crippen LogP contribution in [-0.2, 0) is 28.0 Å². The standard InChI is InChI=1S/C23H24ClN3O6S/c1-3-25-23(29)27(15-20-5-4-12-32-20)14-17-13-18(24)6-11-22(17)33-34(30,31)21-9-7-19(8-10-21)26-16(2)28/h4-13H,3,14-15H2,1-2H3,(H,25,29)(H,26,28). The van der Waals surface area contributed by atoms with E-state index in [1.54, 1.807) is 25.1 Å². The number of benzene rings is 2. The third kappa shape index (κ3) is 6.75. The summed E-state index contributed by atoms with van der Waals surface area (Å²) >= 11 is 6.15. The van der Waals surface area contributed by atoms with Crippen LogP contribution in [0.4, 0.5) is 10.5 Å². The van der Waals surface area contributed by atoms with Gasteiger partial charge >= 0.3 is 16.1 Å². The molecule has 180 valence electrons. The molecular weight excluding hydrogens is 482 g/mol. The quantitative estimate of drug-likeness (QED) is 0.416. The van der Waals surface area contributed by atoms with E-state index in [4.69, 9.17) is 20.2 Å². The maximum Gasteiger partial charge on any atom is 0.339 e. The average Bonchev–Trinajstić information content (AvgIpc) is 3.28. The molecule has 0 aliphatic rings. The van der Waals surface area contributed by atoms with E-state index in [1.807, 2.05) is 0 Å². The molecule has 2 N–H and O–H groups in total.